The van der Waals surface area contributed by atoms with Crippen LogP contribution in [-0.4, -0.2) is 43.0 Å². The molecule has 1 aliphatic heterocycles. The summed E-state index contributed by atoms with van der Waals surface area (Å²) in [5.74, 6) is -1.10. The summed E-state index contributed by atoms with van der Waals surface area (Å²) in [5.41, 5.74) is 6.08. The van der Waals surface area contributed by atoms with Crippen molar-refractivity contribution in [2.24, 2.45) is 5.73 Å². The van der Waals surface area contributed by atoms with E-state index in [-0.39, 0.29) is 0 Å². The van der Waals surface area contributed by atoms with E-state index in [0.29, 0.717) is 11.1 Å². The minimum absolute atomic E-state index is 0.359. The average molecular weight is 278 g/mol. The lowest BCUT2D eigenvalue weighted by Gasteiger charge is -2.16. The summed E-state index contributed by atoms with van der Waals surface area (Å²) in [4.78, 5) is 24.0. The molecule has 0 saturated heterocycles. The highest BCUT2D eigenvalue weighted by atomic mass is 16.6. The monoisotopic (exact) mass is 278 g/mol. The summed E-state index contributed by atoms with van der Waals surface area (Å²) in [7, 11) is 0. The molecule has 0 aliphatic carbocycles. The predicted molar refractivity (Wildman–Crippen MR) is 77.6 cm³/mol. The maximum atomic E-state index is 10.8. The van der Waals surface area contributed by atoms with Crippen LogP contribution in [0.25, 0.3) is 0 Å². The van der Waals surface area contributed by atoms with Gasteiger partial charge in [-0.1, -0.05) is 26.0 Å². The molecule has 0 radical (unpaired) electrons. The Morgan fingerprint density at radius 3 is 1.95 bits per heavy atom. The van der Waals surface area contributed by atoms with Gasteiger partial charge in [-0.3, -0.25) is 0 Å². The fourth-order valence-electron chi connectivity index (χ4n) is 1.89. The fourth-order valence-corrected chi connectivity index (χ4v) is 1.89. The molecule has 5 nitrogen and oxygen atoms in total. The van der Waals surface area contributed by atoms with Crippen molar-refractivity contribution in [2.75, 3.05) is 26.2 Å². The van der Waals surface area contributed by atoms with E-state index in [2.05, 4.69) is 23.5 Å². The van der Waals surface area contributed by atoms with Crippen molar-refractivity contribution in [1.82, 2.24) is 4.90 Å². The topological polar surface area (TPSA) is 72.6 Å². The third-order valence-electron chi connectivity index (χ3n) is 3.13. The Hall–Kier alpha value is -1.72. The molecule has 0 atom stereocenters. The average Bonchev–Trinajstić information content (AvgIpc) is 2.77. The molecule has 0 fully saturated rings. The summed E-state index contributed by atoms with van der Waals surface area (Å²) in [5, 5.41) is 0. The van der Waals surface area contributed by atoms with Gasteiger partial charge < -0.3 is 15.4 Å². The van der Waals surface area contributed by atoms with E-state index < -0.39 is 11.9 Å². The standard InChI is InChI=1S/C8H4O3.C7H18N2/c9-7-5-3-1-2-4-6(5)8(10)11-7;1-3-9(4-2)7-5-6-8/h1-4H;3-8H2,1-2H3. The number of cyclic esters (lactones) is 2. The Morgan fingerprint density at radius 2 is 1.55 bits per heavy atom. The molecule has 110 valence electrons. The van der Waals surface area contributed by atoms with Crippen molar-refractivity contribution >= 4 is 11.9 Å². The molecule has 0 bridgehead atoms. The summed E-state index contributed by atoms with van der Waals surface area (Å²) >= 11 is 0. The van der Waals surface area contributed by atoms with Crippen molar-refractivity contribution in [1.29, 1.82) is 0 Å². The maximum Gasteiger partial charge on any atom is 0.346 e. The summed E-state index contributed by atoms with van der Waals surface area (Å²) < 4.78 is 4.35. The lowest BCUT2D eigenvalue weighted by Crippen LogP contribution is -2.25. The first-order valence-corrected chi connectivity index (χ1v) is 6.91. The lowest BCUT2D eigenvalue weighted by molar-refractivity contribution is 0.0444. The number of rotatable bonds is 5. The van der Waals surface area contributed by atoms with Crippen LogP contribution in [0.2, 0.25) is 0 Å². The minimum Gasteiger partial charge on any atom is -0.386 e. The molecular formula is C15H22N2O3. The molecule has 0 spiro atoms. The smallest absolute Gasteiger partial charge is 0.346 e. The fraction of sp³-hybridized carbons (Fsp3) is 0.467. The van der Waals surface area contributed by atoms with Crippen LogP contribution in [0.15, 0.2) is 24.3 Å². The van der Waals surface area contributed by atoms with Gasteiger partial charge in [0.1, 0.15) is 0 Å². The van der Waals surface area contributed by atoms with Crippen molar-refractivity contribution < 1.29 is 14.3 Å². The molecule has 1 aromatic rings. The van der Waals surface area contributed by atoms with E-state index in [0.717, 1.165) is 32.6 Å². The Labute approximate surface area is 119 Å². The Kier molecular flexibility index (Phi) is 6.90. The molecule has 0 aromatic heterocycles. The second-order valence-electron chi connectivity index (χ2n) is 4.39. The van der Waals surface area contributed by atoms with Crippen LogP contribution < -0.4 is 5.73 Å². The minimum atomic E-state index is -0.550. The second-order valence-corrected chi connectivity index (χ2v) is 4.39. The van der Waals surface area contributed by atoms with Gasteiger partial charge in [0.2, 0.25) is 0 Å². The molecule has 0 amide bonds. The first kappa shape index (κ1) is 16.3. The molecule has 0 unspecified atom stereocenters. The molecule has 0 saturated carbocycles. The van der Waals surface area contributed by atoms with Gasteiger partial charge in [-0.05, 0) is 44.7 Å². The van der Waals surface area contributed by atoms with Crippen molar-refractivity contribution in [3.05, 3.63) is 35.4 Å². The quantitative estimate of drug-likeness (QED) is 0.655. The van der Waals surface area contributed by atoms with Crippen LogP contribution in [0.4, 0.5) is 0 Å². The highest BCUT2D eigenvalue weighted by Gasteiger charge is 2.28. The van der Waals surface area contributed by atoms with Gasteiger partial charge in [-0.25, -0.2) is 9.59 Å². The number of carbonyl (C=O) groups is 2. The van der Waals surface area contributed by atoms with E-state index in [1.807, 2.05) is 0 Å². The third-order valence-corrected chi connectivity index (χ3v) is 3.13. The normalized spacial score (nSPS) is 12.8. The van der Waals surface area contributed by atoms with E-state index in [1.165, 1.54) is 0 Å². The maximum absolute atomic E-state index is 10.8. The second kappa shape index (κ2) is 8.45. The molecule has 5 heteroatoms. The number of fused-ring (bicyclic) bond motifs is 1. The van der Waals surface area contributed by atoms with Gasteiger partial charge in [-0.2, -0.15) is 0 Å². The van der Waals surface area contributed by atoms with Gasteiger partial charge in [0.05, 0.1) is 11.1 Å². The largest absolute Gasteiger partial charge is 0.386 e. The van der Waals surface area contributed by atoms with E-state index in [9.17, 15) is 9.59 Å². The Balaban J connectivity index is 0.000000206. The number of esters is 2. The van der Waals surface area contributed by atoms with Crippen molar-refractivity contribution in [3.8, 4) is 0 Å². The molecule has 2 N–H and O–H groups in total. The Bertz CT molecular complexity index is 423. The molecule has 2 rings (SSSR count). The summed E-state index contributed by atoms with van der Waals surface area (Å²) in [6.45, 7) is 8.63. The first-order valence-electron chi connectivity index (χ1n) is 6.91. The van der Waals surface area contributed by atoms with Crippen LogP contribution in [0, 0.1) is 0 Å². The van der Waals surface area contributed by atoms with Crippen LogP contribution in [0.3, 0.4) is 0 Å². The predicted octanol–water partition coefficient (Wildman–Crippen LogP) is 1.67. The van der Waals surface area contributed by atoms with Crippen LogP contribution >= 0.6 is 0 Å². The zero-order valence-electron chi connectivity index (χ0n) is 12.1. The molecule has 1 aromatic carbocycles. The number of nitrogens with zero attached hydrogens (tertiary/aromatic N) is 1. The van der Waals surface area contributed by atoms with Crippen LogP contribution in [0.1, 0.15) is 41.0 Å². The van der Waals surface area contributed by atoms with Gasteiger partial charge in [0.25, 0.3) is 0 Å². The highest BCUT2D eigenvalue weighted by Crippen LogP contribution is 2.18. The number of hydrogen-bond donors (Lipinski definition) is 1. The van der Waals surface area contributed by atoms with E-state index in [4.69, 9.17) is 5.73 Å². The SMILES string of the molecule is CCN(CC)CCCN.O=C1OC(=O)c2ccccc21. The number of carbonyl (C=O) groups excluding carboxylic acids is 2. The lowest BCUT2D eigenvalue weighted by atomic mass is 10.1. The van der Waals surface area contributed by atoms with Crippen LogP contribution in [-0.2, 0) is 4.74 Å². The van der Waals surface area contributed by atoms with Crippen molar-refractivity contribution in [3.63, 3.8) is 0 Å². The molecule has 20 heavy (non-hydrogen) atoms. The van der Waals surface area contributed by atoms with Gasteiger partial charge in [0.15, 0.2) is 0 Å². The third kappa shape index (κ3) is 4.43. The summed E-state index contributed by atoms with van der Waals surface area (Å²) in [6.07, 6.45) is 1.13. The highest BCUT2D eigenvalue weighted by molar-refractivity contribution is 6.14. The zero-order valence-corrected chi connectivity index (χ0v) is 12.1. The van der Waals surface area contributed by atoms with Gasteiger partial charge in [-0.15, -0.1) is 0 Å². The number of ether oxygens (including phenoxy) is 1. The zero-order chi connectivity index (χ0) is 15.0. The first-order chi connectivity index (χ1) is 9.63. The van der Waals surface area contributed by atoms with Gasteiger partial charge in [0, 0.05) is 0 Å². The van der Waals surface area contributed by atoms with Crippen LogP contribution in [0.5, 0.6) is 0 Å². The molecule has 1 heterocycles. The number of benzene rings is 1. The number of nitrogens with two attached hydrogens (primary N) is 1. The van der Waals surface area contributed by atoms with Gasteiger partial charge >= 0.3 is 11.9 Å². The molecule has 1 aliphatic rings. The summed E-state index contributed by atoms with van der Waals surface area (Å²) in [6, 6.07) is 6.53. The Morgan fingerprint density at radius 1 is 1.05 bits per heavy atom. The van der Waals surface area contributed by atoms with E-state index >= 15 is 0 Å². The van der Waals surface area contributed by atoms with E-state index in [1.54, 1.807) is 24.3 Å². The number of hydrogen-bond acceptors (Lipinski definition) is 5. The van der Waals surface area contributed by atoms with Crippen molar-refractivity contribution in [2.45, 2.75) is 20.3 Å². The molecular weight excluding hydrogens is 256 g/mol.